The zero-order chi connectivity index (χ0) is 19.0. The van der Waals surface area contributed by atoms with Crippen LogP contribution >= 0.6 is 0 Å². The molecular weight excluding hydrogens is 338 g/mol. The molecule has 3 aliphatic heterocycles. The van der Waals surface area contributed by atoms with Crippen LogP contribution in [0.2, 0.25) is 0 Å². The summed E-state index contributed by atoms with van der Waals surface area (Å²) in [5.74, 6) is 0.411. The molecule has 5 heteroatoms. The fraction of sp³-hybridized carbons (Fsp3) is 0.636. The first-order chi connectivity index (χ1) is 13.0. The molecule has 0 radical (unpaired) electrons. The number of rotatable bonds is 3. The summed E-state index contributed by atoms with van der Waals surface area (Å²) in [5, 5.41) is 0. The minimum Gasteiger partial charge on any atom is -0.342 e. The lowest BCUT2D eigenvalue weighted by atomic mass is 9.77. The number of hydrogen-bond acceptors (Lipinski definition) is 3. The summed E-state index contributed by atoms with van der Waals surface area (Å²) < 4.78 is 0. The summed E-state index contributed by atoms with van der Waals surface area (Å²) in [5.41, 5.74) is 3.07. The third-order valence-electron chi connectivity index (χ3n) is 6.76. The summed E-state index contributed by atoms with van der Waals surface area (Å²) >= 11 is 0. The Balaban J connectivity index is 1.44. The first-order valence-electron chi connectivity index (χ1n) is 10.4. The lowest BCUT2D eigenvalue weighted by Crippen LogP contribution is -2.68. The molecule has 0 unspecified atom stereocenters. The van der Waals surface area contributed by atoms with Gasteiger partial charge in [0.05, 0.1) is 6.54 Å². The molecule has 27 heavy (non-hydrogen) atoms. The molecule has 0 bridgehead atoms. The van der Waals surface area contributed by atoms with Crippen LogP contribution in [-0.2, 0) is 4.79 Å². The Kier molecular flexibility index (Phi) is 4.97. The van der Waals surface area contributed by atoms with Gasteiger partial charge in [-0.05, 0) is 57.6 Å². The van der Waals surface area contributed by atoms with Crippen molar-refractivity contribution in [1.82, 2.24) is 14.7 Å². The van der Waals surface area contributed by atoms with Crippen LogP contribution in [0.3, 0.4) is 0 Å². The highest BCUT2D eigenvalue weighted by atomic mass is 16.2. The lowest BCUT2D eigenvalue weighted by Gasteiger charge is -2.57. The second kappa shape index (κ2) is 7.27. The number of carbonyl (C=O) groups excluding carboxylic acids is 2. The Bertz CT molecular complexity index is 741. The predicted octanol–water partition coefficient (Wildman–Crippen LogP) is 2.61. The molecule has 3 fully saturated rings. The normalized spacial score (nSPS) is 25.7. The van der Waals surface area contributed by atoms with Crippen LogP contribution in [0.5, 0.6) is 0 Å². The topological polar surface area (TPSA) is 43.9 Å². The van der Waals surface area contributed by atoms with Crippen LogP contribution in [-0.4, -0.2) is 71.3 Å². The number of amides is 2. The highest BCUT2D eigenvalue weighted by Gasteiger charge is 2.48. The maximum absolute atomic E-state index is 13.1. The van der Waals surface area contributed by atoms with E-state index in [0.717, 1.165) is 76.0 Å². The van der Waals surface area contributed by atoms with Gasteiger partial charge >= 0.3 is 0 Å². The third kappa shape index (κ3) is 3.49. The molecule has 0 aromatic heterocycles. The van der Waals surface area contributed by atoms with Crippen molar-refractivity contribution in [2.24, 2.45) is 0 Å². The summed E-state index contributed by atoms with van der Waals surface area (Å²) in [6.45, 7) is 8.98. The van der Waals surface area contributed by atoms with Crippen molar-refractivity contribution < 1.29 is 9.59 Å². The van der Waals surface area contributed by atoms with E-state index in [9.17, 15) is 9.59 Å². The van der Waals surface area contributed by atoms with Crippen LogP contribution in [0.25, 0.3) is 0 Å². The number of likely N-dealkylation sites (tertiary alicyclic amines) is 3. The van der Waals surface area contributed by atoms with Gasteiger partial charge in [-0.1, -0.05) is 17.7 Å². The molecule has 4 rings (SSSR count). The van der Waals surface area contributed by atoms with E-state index in [1.165, 1.54) is 5.56 Å². The van der Waals surface area contributed by atoms with Gasteiger partial charge in [0.1, 0.15) is 0 Å². The van der Waals surface area contributed by atoms with Crippen molar-refractivity contribution in [3.63, 3.8) is 0 Å². The van der Waals surface area contributed by atoms with Gasteiger partial charge in [-0.3, -0.25) is 14.5 Å². The van der Waals surface area contributed by atoms with Crippen molar-refractivity contribution in [3.05, 3.63) is 34.9 Å². The zero-order valence-corrected chi connectivity index (χ0v) is 16.7. The molecule has 1 aromatic carbocycles. The zero-order valence-electron chi connectivity index (χ0n) is 16.7. The fourth-order valence-electron chi connectivity index (χ4n) is 5.03. The van der Waals surface area contributed by atoms with E-state index >= 15 is 0 Å². The Morgan fingerprint density at radius 1 is 0.963 bits per heavy atom. The van der Waals surface area contributed by atoms with Crippen LogP contribution in [0.1, 0.15) is 53.6 Å². The highest BCUT2D eigenvalue weighted by Crippen LogP contribution is 2.39. The molecular formula is C22H31N3O2. The van der Waals surface area contributed by atoms with E-state index < -0.39 is 0 Å². The minimum atomic E-state index is 0.0158. The van der Waals surface area contributed by atoms with Gasteiger partial charge in [0.15, 0.2) is 0 Å². The van der Waals surface area contributed by atoms with Crippen molar-refractivity contribution in [3.8, 4) is 0 Å². The van der Waals surface area contributed by atoms with E-state index in [-0.39, 0.29) is 17.4 Å². The van der Waals surface area contributed by atoms with Gasteiger partial charge in [-0.2, -0.15) is 0 Å². The van der Waals surface area contributed by atoms with Crippen molar-refractivity contribution in [2.75, 3.05) is 39.3 Å². The van der Waals surface area contributed by atoms with Crippen molar-refractivity contribution in [1.29, 1.82) is 0 Å². The van der Waals surface area contributed by atoms with E-state index in [0.29, 0.717) is 6.54 Å². The van der Waals surface area contributed by atoms with E-state index in [1.807, 2.05) is 28.9 Å². The quantitative estimate of drug-likeness (QED) is 0.823. The average Bonchev–Trinajstić information content (AvgIpc) is 3.19. The third-order valence-corrected chi connectivity index (χ3v) is 6.76. The average molecular weight is 370 g/mol. The summed E-state index contributed by atoms with van der Waals surface area (Å²) in [6.07, 6.45) is 5.48. The van der Waals surface area contributed by atoms with E-state index in [4.69, 9.17) is 0 Å². The molecule has 0 N–H and O–H groups in total. The van der Waals surface area contributed by atoms with Gasteiger partial charge in [0.25, 0.3) is 5.91 Å². The number of nitrogens with zero attached hydrogens (tertiary/aromatic N) is 3. The minimum absolute atomic E-state index is 0.0158. The molecule has 0 saturated carbocycles. The highest BCUT2D eigenvalue weighted by molar-refractivity contribution is 5.95. The molecule has 1 atom stereocenters. The fourth-order valence-corrected chi connectivity index (χ4v) is 5.03. The number of aryl methyl sites for hydroxylation is 2. The van der Waals surface area contributed by atoms with Crippen LogP contribution in [0, 0.1) is 13.8 Å². The van der Waals surface area contributed by atoms with Gasteiger partial charge in [-0.15, -0.1) is 0 Å². The van der Waals surface area contributed by atoms with Crippen LogP contribution < -0.4 is 0 Å². The van der Waals surface area contributed by atoms with Gasteiger partial charge in [-0.25, -0.2) is 0 Å². The standard InChI is InChI=1S/C22H31N3O2/c1-17-6-7-19(18(2)14-17)21(27)24-12-5-8-22(16-24)9-13-25(22)15-20(26)23-10-3-4-11-23/h6-7,14H,3-5,8-13,15-16H2,1-2H3/t22-/m1/s1. The molecule has 0 aliphatic carbocycles. The first-order valence-corrected chi connectivity index (χ1v) is 10.4. The van der Waals surface area contributed by atoms with Crippen molar-refractivity contribution in [2.45, 2.75) is 51.5 Å². The van der Waals surface area contributed by atoms with E-state index in [2.05, 4.69) is 17.9 Å². The first kappa shape index (κ1) is 18.5. The maximum Gasteiger partial charge on any atom is 0.254 e. The smallest absolute Gasteiger partial charge is 0.254 e. The Morgan fingerprint density at radius 2 is 1.70 bits per heavy atom. The van der Waals surface area contributed by atoms with Crippen LogP contribution in [0.15, 0.2) is 18.2 Å². The number of piperidine rings is 1. The Morgan fingerprint density at radius 3 is 2.37 bits per heavy atom. The van der Waals surface area contributed by atoms with Crippen molar-refractivity contribution >= 4 is 11.8 Å². The monoisotopic (exact) mass is 369 g/mol. The largest absolute Gasteiger partial charge is 0.342 e. The van der Waals surface area contributed by atoms with Gasteiger partial charge in [0.2, 0.25) is 5.91 Å². The molecule has 2 amide bonds. The summed E-state index contributed by atoms with van der Waals surface area (Å²) in [4.78, 5) is 32.1. The number of carbonyl (C=O) groups is 2. The second-order valence-electron chi connectivity index (χ2n) is 8.63. The summed E-state index contributed by atoms with van der Waals surface area (Å²) in [6, 6.07) is 6.06. The molecule has 1 aromatic rings. The molecule has 1 spiro atoms. The SMILES string of the molecule is Cc1ccc(C(=O)N2CCC[C@@]3(CCN3CC(=O)N3CCCC3)C2)c(C)c1. The molecule has 3 saturated heterocycles. The molecule has 146 valence electrons. The van der Waals surface area contributed by atoms with Crippen LogP contribution in [0.4, 0.5) is 0 Å². The maximum atomic E-state index is 13.1. The summed E-state index contributed by atoms with van der Waals surface area (Å²) in [7, 11) is 0. The van der Waals surface area contributed by atoms with Gasteiger partial charge < -0.3 is 9.80 Å². The van der Waals surface area contributed by atoms with E-state index in [1.54, 1.807) is 0 Å². The second-order valence-corrected chi connectivity index (χ2v) is 8.63. The molecule has 3 heterocycles. The molecule has 5 nitrogen and oxygen atoms in total. The number of hydrogen-bond donors (Lipinski definition) is 0. The van der Waals surface area contributed by atoms with Gasteiger partial charge in [0, 0.05) is 43.8 Å². The Labute approximate surface area is 162 Å². The molecule has 3 aliphatic rings. The lowest BCUT2D eigenvalue weighted by molar-refractivity contribution is -0.138. The predicted molar refractivity (Wildman–Crippen MR) is 106 cm³/mol. The number of benzene rings is 1. The Hall–Kier alpha value is -1.88.